The monoisotopic (exact) mass is 214 g/mol. The molecule has 0 aromatic carbocycles. The van der Waals surface area contributed by atoms with Gasteiger partial charge in [-0.05, 0) is 35.4 Å². The van der Waals surface area contributed by atoms with Crippen LogP contribution in [-0.4, -0.2) is 5.78 Å². The summed E-state index contributed by atoms with van der Waals surface area (Å²) in [7, 11) is 0. The van der Waals surface area contributed by atoms with Gasteiger partial charge in [-0.15, -0.1) is 0 Å². The quantitative estimate of drug-likeness (QED) is 0.522. The van der Waals surface area contributed by atoms with Gasteiger partial charge < -0.3 is 0 Å². The van der Waals surface area contributed by atoms with Crippen molar-refractivity contribution >= 4 is 21.7 Å². The van der Waals surface area contributed by atoms with E-state index in [9.17, 15) is 4.79 Å². The van der Waals surface area contributed by atoms with Crippen molar-refractivity contribution in [1.82, 2.24) is 0 Å². The molecule has 0 aliphatic carbocycles. The Hall–Kier alpha value is -0.630. The molecule has 0 aliphatic heterocycles. The molecule has 0 saturated carbocycles. The number of carbonyl (C=O) groups excluding carboxylic acids is 1. The molecule has 11 heavy (non-hydrogen) atoms. The molecule has 0 saturated heterocycles. The smallest absolute Gasteiger partial charge is 0.160 e. The molecule has 0 spiro atoms. The fourth-order valence-corrected chi connectivity index (χ4v) is 1.06. The van der Waals surface area contributed by atoms with Crippen molar-refractivity contribution in [2.24, 2.45) is 0 Å². The molecule has 0 aromatic heterocycles. The second kappa shape index (κ2) is 4.29. The van der Waals surface area contributed by atoms with Gasteiger partial charge in [0, 0.05) is 10.1 Å². The standard InChI is InChI=1S/C9H11BrO/c1-5-8(7(4)11)9(10)6(2)3/h5H,1-2H2,3-4H3/b9-8-. The van der Waals surface area contributed by atoms with Crippen molar-refractivity contribution in [2.45, 2.75) is 13.8 Å². The third-order valence-corrected chi connectivity index (χ3v) is 2.30. The molecule has 2 heteroatoms. The third kappa shape index (κ3) is 2.85. The van der Waals surface area contributed by atoms with Gasteiger partial charge in [0.1, 0.15) is 0 Å². The molecule has 0 heterocycles. The highest BCUT2D eigenvalue weighted by Gasteiger charge is 2.05. The van der Waals surface area contributed by atoms with Crippen LogP contribution in [0.3, 0.4) is 0 Å². The van der Waals surface area contributed by atoms with Crippen LogP contribution in [0.15, 0.2) is 34.9 Å². The topological polar surface area (TPSA) is 17.1 Å². The molecule has 0 unspecified atom stereocenters. The summed E-state index contributed by atoms with van der Waals surface area (Å²) in [6, 6.07) is 0. The fourth-order valence-electron chi connectivity index (χ4n) is 0.618. The summed E-state index contributed by atoms with van der Waals surface area (Å²) in [5.41, 5.74) is 1.41. The first kappa shape index (κ1) is 10.4. The minimum Gasteiger partial charge on any atom is -0.294 e. The van der Waals surface area contributed by atoms with Gasteiger partial charge in [0.2, 0.25) is 0 Å². The predicted octanol–water partition coefficient (Wildman–Crippen LogP) is 2.99. The largest absolute Gasteiger partial charge is 0.294 e. The van der Waals surface area contributed by atoms with Crippen molar-refractivity contribution in [3.05, 3.63) is 34.9 Å². The molecule has 60 valence electrons. The van der Waals surface area contributed by atoms with Crippen molar-refractivity contribution in [3.63, 3.8) is 0 Å². The number of rotatable bonds is 3. The molecule has 0 radical (unpaired) electrons. The summed E-state index contributed by atoms with van der Waals surface area (Å²) in [5, 5.41) is 0. The summed E-state index contributed by atoms with van der Waals surface area (Å²) in [6.07, 6.45) is 1.53. The zero-order chi connectivity index (χ0) is 9.02. The van der Waals surface area contributed by atoms with Crippen LogP contribution in [0.4, 0.5) is 0 Å². The third-order valence-electron chi connectivity index (χ3n) is 1.19. The van der Waals surface area contributed by atoms with Crippen molar-refractivity contribution in [3.8, 4) is 0 Å². The number of allylic oxidation sites excluding steroid dienone is 4. The average molecular weight is 215 g/mol. The zero-order valence-electron chi connectivity index (χ0n) is 6.78. The molecule has 0 amide bonds. The van der Waals surface area contributed by atoms with Gasteiger partial charge in [0.25, 0.3) is 0 Å². The Labute approximate surface area is 75.6 Å². The van der Waals surface area contributed by atoms with Crippen molar-refractivity contribution < 1.29 is 4.79 Å². The maximum absolute atomic E-state index is 10.9. The van der Waals surface area contributed by atoms with E-state index in [1.807, 2.05) is 6.92 Å². The molecule has 0 aromatic rings. The summed E-state index contributed by atoms with van der Waals surface area (Å²) in [5.74, 6) is -0.00475. The second-order valence-electron chi connectivity index (χ2n) is 2.27. The Bertz CT molecular complexity index is 236. The lowest BCUT2D eigenvalue weighted by atomic mass is 10.1. The highest BCUT2D eigenvalue weighted by molar-refractivity contribution is 9.12. The number of carbonyl (C=O) groups is 1. The average Bonchev–Trinajstić information content (AvgIpc) is 1.88. The molecule has 0 N–H and O–H groups in total. The van der Waals surface area contributed by atoms with Gasteiger partial charge in [-0.1, -0.05) is 19.2 Å². The maximum Gasteiger partial charge on any atom is 0.160 e. The molecule has 0 atom stereocenters. The van der Waals surface area contributed by atoms with Crippen LogP contribution < -0.4 is 0 Å². The van der Waals surface area contributed by atoms with Crippen LogP contribution in [0.2, 0.25) is 0 Å². The first-order valence-corrected chi connectivity index (χ1v) is 3.99. The van der Waals surface area contributed by atoms with Crippen molar-refractivity contribution in [2.75, 3.05) is 0 Å². The number of hydrogen-bond donors (Lipinski definition) is 0. The lowest BCUT2D eigenvalue weighted by Gasteiger charge is -2.01. The highest BCUT2D eigenvalue weighted by atomic mass is 79.9. The molecule has 0 aliphatic rings. The first-order valence-electron chi connectivity index (χ1n) is 3.19. The Morgan fingerprint density at radius 1 is 1.45 bits per heavy atom. The summed E-state index contributed by atoms with van der Waals surface area (Å²) >= 11 is 3.26. The van der Waals surface area contributed by atoms with Gasteiger partial charge in [0.15, 0.2) is 5.78 Å². The minimum atomic E-state index is -0.00475. The lowest BCUT2D eigenvalue weighted by molar-refractivity contribution is -0.113. The van der Waals surface area contributed by atoms with Gasteiger partial charge in [-0.3, -0.25) is 4.79 Å². The van der Waals surface area contributed by atoms with Crippen LogP contribution in [0.1, 0.15) is 13.8 Å². The van der Waals surface area contributed by atoms with Crippen LogP contribution in [0.25, 0.3) is 0 Å². The summed E-state index contributed by atoms with van der Waals surface area (Å²) in [4.78, 5) is 10.9. The van der Waals surface area contributed by atoms with E-state index in [-0.39, 0.29) is 5.78 Å². The van der Waals surface area contributed by atoms with E-state index < -0.39 is 0 Å². The Kier molecular flexibility index (Phi) is 4.04. The Balaban J connectivity index is 4.99. The highest BCUT2D eigenvalue weighted by Crippen LogP contribution is 2.20. The number of Topliss-reactive ketones (excluding diaryl/α,β-unsaturated/α-hetero) is 1. The first-order chi connectivity index (χ1) is 5.00. The summed E-state index contributed by atoms with van der Waals surface area (Å²) in [6.45, 7) is 10.6. The Morgan fingerprint density at radius 2 is 1.91 bits per heavy atom. The second-order valence-corrected chi connectivity index (χ2v) is 3.06. The van der Waals surface area contributed by atoms with E-state index in [1.165, 1.54) is 13.0 Å². The minimum absolute atomic E-state index is 0.00475. The van der Waals surface area contributed by atoms with E-state index in [0.717, 1.165) is 10.1 Å². The number of ketones is 1. The van der Waals surface area contributed by atoms with E-state index in [4.69, 9.17) is 0 Å². The molecule has 0 fully saturated rings. The van der Waals surface area contributed by atoms with Gasteiger partial charge in [-0.2, -0.15) is 0 Å². The van der Waals surface area contributed by atoms with Crippen LogP contribution in [-0.2, 0) is 4.79 Å². The van der Waals surface area contributed by atoms with E-state index in [1.54, 1.807) is 0 Å². The van der Waals surface area contributed by atoms with Gasteiger partial charge in [0.05, 0.1) is 0 Å². The molecule has 0 bridgehead atoms. The number of halogens is 1. The van der Waals surface area contributed by atoms with Crippen LogP contribution in [0, 0.1) is 0 Å². The summed E-state index contributed by atoms with van der Waals surface area (Å²) < 4.78 is 0.736. The lowest BCUT2D eigenvalue weighted by Crippen LogP contribution is -1.95. The fraction of sp³-hybridized carbons (Fsp3) is 0.222. The van der Waals surface area contributed by atoms with Gasteiger partial charge >= 0.3 is 0 Å². The molecule has 1 nitrogen and oxygen atoms in total. The van der Waals surface area contributed by atoms with Crippen molar-refractivity contribution in [1.29, 1.82) is 0 Å². The maximum atomic E-state index is 10.9. The molecular weight excluding hydrogens is 204 g/mol. The molecular formula is C9H11BrO. The molecule has 0 rings (SSSR count). The van der Waals surface area contributed by atoms with E-state index >= 15 is 0 Å². The predicted molar refractivity (Wildman–Crippen MR) is 51.6 cm³/mol. The van der Waals surface area contributed by atoms with Crippen LogP contribution >= 0.6 is 15.9 Å². The van der Waals surface area contributed by atoms with Crippen LogP contribution in [0.5, 0.6) is 0 Å². The number of hydrogen-bond acceptors (Lipinski definition) is 1. The normalized spacial score (nSPS) is 11.9. The Morgan fingerprint density at radius 3 is 2.00 bits per heavy atom. The van der Waals surface area contributed by atoms with E-state index in [2.05, 4.69) is 29.1 Å². The SMILES string of the molecule is C=C/C(C(C)=O)=C(/Br)C(=C)C. The van der Waals surface area contributed by atoms with Gasteiger partial charge in [-0.25, -0.2) is 0 Å². The van der Waals surface area contributed by atoms with E-state index in [0.29, 0.717) is 5.57 Å². The zero-order valence-corrected chi connectivity index (χ0v) is 8.36.